The van der Waals surface area contributed by atoms with E-state index in [4.69, 9.17) is 4.74 Å². The second-order valence-corrected chi connectivity index (χ2v) is 8.18. The first-order valence-electron chi connectivity index (χ1n) is 8.32. The lowest BCUT2D eigenvalue weighted by molar-refractivity contribution is -0.129. The van der Waals surface area contributed by atoms with Crippen molar-refractivity contribution in [3.63, 3.8) is 0 Å². The Hall–Kier alpha value is -1.73. The number of benzene rings is 1. The van der Waals surface area contributed by atoms with Crippen LogP contribution in [0.25, 0.3) is 0 Å². The van der Waals surface area contributed by atoms with Crippen molar-refractivity contribution in [2.24, 2.45) is 0 Å². The van der Waals surface area contributed by atoms with Gasteiger partial charge >= 0.3 is 5.97 Å². The van der Waals surface area contributed by atoms with Gasteiger partial charge in [-0.25, -0.2) is 13.2 Å². The Labute approximate surface area is 141 Å². The van der Waals surface area contributed by atoms with E-state index in [-0.39, 0.29) is 16.2 Å². The van der Waals surface area contributed by atoms with Crippen LogP contribution < -0.4 is 0 Å². The van der Waals surface area contributed by atoms with Gasteiger partial charge in [0, 0.05) is 19.5 Å². The number of rotatable bonds is 4. The summed E-state index contributed by atoms with van der Waals surface area (Å²) in [5, 5.41) is 0. The molecule has 3 rings (SSSR count). The summed E-state index contributed by atoms with van der Waals surface area (Å²) in [6.45, 7) is 1.02. The number of sulfonamides is 1. The van der Waals surface area contributed by atoms with Crippen molar-refractivity contribution in [1.82, 2.24) is 4.31 Å². The Kier molecular flexibility index (Phi) is 5.01. The third-order valence-electron chi connectivity index (χ3n) is 4.52. The van der Waals surface area contributed by atoms with Gasteiger partial charge in [-0.05, 0) is 50.3 Å². The number of hydrogen-bond donors (Lipinski definition) is 0. The fraction of sp³-hybridized carbons (Fsp3) is 0.529. The summed E-state index contributed by atoms with van der Waals surface area (Å²) in [4.78, 5) is 24.1. The van der Waals surface area contributed by atoms with E-state index in [1.165, 1.54) is 28.6 Å². The van der Waals surface area contributed by atoms with Crippen molar-refractivity contribution >= 4 is 21.8 Å². The van der Waals surface area contributed by atoms with Crippen LogP contribution in [0.1, 0.15) is 48.9 Å². The Bertz CT molecular complexity index is 737. The maximum absolute atomic E-state index is 12.6. The zero-order valence-corrected chi connectivity index (χ0v) is 14.3. The van der Waals surface area contributed by atoms with E-state index < -0.39 is 22.1 Å². The maximum atomic E-state index is 12.6. The minimum absolute atomic E-state index is 0.0598. The van der Waals surface area contributed by atoms with Gasteiger partial charge in [0.05, 0.1) is 10.5 Å². The summed E-state index contributed by atoms with van der Waals surface area (Å²) >= 11 is 0. The van der Waals surface area contributed by atoms with E-state index >= 15 is 0 Å². The average Bonchev–Trinajstić information content (AvgIpc) is 3.12. The van der Waals surface area contributed by atoms with Gasteiger partial charge in [-0.3, -0.25) is 4.79 Å². The van der Waals surface area contributed by atoms with Crippen molar-refractivity contribution < 1.29 is 22.7 Å². The van der Waals surface area contributed by atoms with Gasteiger partial charge in [0.25, 0.3) is 0 Å². The molecule has 0 N–H and O–H groups in total. The van der Waals surface area contributed by atoms with E-state index in [1.807, 2.05) is 0 Å². The number of hydrogen-bond acceptors (Lipinski definition) is 5. The SMILES string of the molecule is O=C(O[C@H]1CCCCC1=O)c1cccc(S(=O)(=O)N2CCCC2)c1. The molecule has 1 heterocycles. The molecular weight excluding hydrogens is 330 g/mol. The predicted octanol–water partition coefficient (Wildman–Crippen LogP) is 2.14. The van der Waals surface area contributed by atoms with Crippen molar-refractivity contribution in [2.75, 3.05) is 13.1 Å². The quantitative estimate of drug-likeness (QED) is 0.777. The fourth-order valence-electron chi connectivity index (χ4n) is 3.13. The number of ether oxygens (including phenoxy) is 1. The van der Waals surface area contributed by atoms with Gasteiger partial charge in [-0.15, -0.1) is 0 Å². The molecule has 0 radical (unpaired) electrons. The molecule has 1 atom stereocenters. The van der Waals surface area contributed by atoms with Crippen LogP contribution in [-0.2, 0) is 19.6 Å². The Morgan fingerprint density at radius 1 is 1.12 bits per heavy atom. The van der Waals surface area contributed by atoms with Gasteiger partial charge < -0.3 is 4.74 Å². The normalized spacial score (nSPS) is 22.5. The van der Waals surface area contributed by atoms with Gasteiger partial charge in [0.1, 0.15) is 0 Å². The van der Waals surface area contributed by atoms with Crippen LogP contribution in [0.2, 0.25) is 0 Å². The molecule has 6 nitrogen and oxygen atoms in total. The lowest BCUT2D eigenvalue weighted by atomic mass is 9.96. The van der Waals surface area contributed by atoms with E-state index in [0.29, 0.717) is 25.9 Å². The number of nitrogens with zero attached hydrogens (tertiary/aromatic N) is 1. The van der Waals surface area contributed by atoms with Crippen molar-refractivity contribution in [2.45, 2.75) is 49.5 Å². The van der Waals surface area contributed by atoms with Gasteiger partial charge in [-0.2, -0.15) is 4.31 Å². The maximum Gasteiger partial charge on any atom is 0.338 e. The van der Waals surface area contributed by atoms with Gasteiger partial charge in [-0.1, -0.05) is 6.07 Å². The summed E-state index contributed by atoms with van der Waals surface area (Å²) in [6.07, 6.45) is 3.65. The Morgan fingerprint density at radius 3 is 2.58 bits per heavy atom. The van der Waals surface area contributed by atoms with Crippen LogP contribution >= 0.6 is 0 Å². The average molecular weight is 351 g/mol. The summed E-state index contributed by atoms with van der Waals surface area (Å²) in [5.41, 5.74) is 0.161. The fourth-order valence-corrected chi connectivity index (χ4v) is 4.70. The van der Waals surface area contributed by atoms with Crippen LogP contribution in [0.3, 0.4) is 0 Å². The zero-order valence-electron chi connectivity index (χ0n) is 13.4. The third kappa shape index (κ3) is 3.52. The van der Waals surface area contributed by atoms with Crippen LogP contribution in [0, 0.1) is 0 Å². The molecule has 0 amide bonds. The number of carbonyl (C=O) groups excluding carboxylic acids is 2. The summed E-state index contributed by atoms with van der Waals surface area (Å²) in [6, 6.07) is 5.86. The molecule has 0 spiro atoms. The van der Waals surface area contributed by atoms with Crippen molar-refractivity contribution in [3.8, 4) is 0 Å². The molecule has 130 valence electrons. The van der Waals surface area contributed by atoms with Crippen molar-refractivity contribution in [3.05, 3.63) is 29.8 Å². The highest BCUT2D eigenvalue weighted by Gasteiger charge is 2.29. The second-order valence-electron chi connectivity index (χ2n) is 6.25. The molecule has 7 heteroatoms. The predicted molar refractivity (Wildman–Crippen MR) is 87.1 cm³/mol. The first-order chi connectivity index (χ1) is 11.5. The summed E-state index contributed by atoms with van der Waals surface area (Å²) in [7, 11) is -3.58. The topological polar surface area (TPSA) is 80.8 Å². The molecule has 1 aliphatic heterocycles. The number of esters is 1. The van der Waals surface area contributed by atoms with Gasteiger partial charge in [0.2, 0.25) is 10.0 Å². The lowest BCUT2D eigenvalue weighted by Crippen LogP contribution is -2.30. The standard InChI is InChI=1S/C17H21NO5S/c19-15-8-1-2-9-16(15)23-17(20)13-6-5-7-14(12-13)24(21,22)18-10-3-4-11-18/h5-7,12,16H,1-4,8-11H2/t16-/m0/s1. The van der Waals surface area contributed by atoms with Crippen LogP contribution in [-0.4, -0.2) is 43.7 Å². The lowest BCUT2D eigenvalue weighted by Gasteiger charge is -2.21. The second kappa shape index (κ2) is 7.03. The molecule has 1 saturated carbocycles. The summed E-state index contributed by atoms with van der Waals surface area (Å²) < 4.78 is 31.9. The molecule has 1 aromatic rings. The molecule has 1 saturated heterocycles. The minimum atomic E-state index is -3.58. The zero-order chi connectivity index (χ0) is 17.2. The molecule has 24 heavy (non-hydrogen) atoms. The monoisotopic (exact) mass is 351 g/mol. The molecular formula is C17H21NO5S. The molecule has 2 aliphatic rings. The van der Waals surface area contributed by atoms with E-state index in [0.717, 1.165) is 25.7 Å². The molecule has 0 unspecified atom stereocenters. The van der Waals surface area contributed by atoms with Crippen LogP contribution in [0.5, 0.6) is 0 Å². The van der Waals surface area contributed by atoms with E-state index in [9.17, 15) is 18.0 Å². The Morgan fingerprint density at radius 2 is 1.88 bits per heavy atom. The first kappa shape index (κ1) is 17.1. The highest BCUT2D eigenvalue weighted by Crippen LogP contribution is 2.23. The molecule has 0 bridgehead atoms. The van der Waals surface area contributed by atoms with Gasteiger partial charge in [0.15, 0.2) is 11.9 Å². The molecule has 0 aromatic heterocycles. The van der Waals surface area contributed by atoms with Crippen molar-refractivity contribution in [1.29, 1.82) is 0 Å². The number of Topliss-reactive ketones (excluding diaryl/α,β-unsaturated/α-hetero) is 1. The third-order valence-corrected chi connectivity index (χ3v) is 6.42. The van der Waals surface area contributed by atoms with E-state index in [2.05, 4.69) is 0 Å². The molecule has 2 fully saturated rings. The molecule has 1 aromatic carbocycles. The number of carbonyl (C=O) groups is 2. The van der Waals surface area contributed by atoms with Crippen LogP contribution in [0.15, 0.2) is 29.2 Å². The van der Waals surface area contributed by atoms with E-state index in [1.54, 1.807) is 0 Å². The first-order valence-corrected chi connectivity index (χ1v) is 9.76. The van der Waals surface area contributed by atoms with Crippen LogP contribution in [0.4, 0.5) is 0 Å². The highest BCUT2D eigenvalue weighted by molar-refractivity contribution is 7.89. The summed E-state index contributed by atoms with van der Waals surface area (Å²) in [5.74, 6) is -0.704. The number of ketones is 1. The Balaban J connectivity index is 1.77. The minimum Gasteiger partial charge on any atom is -0.451 e. The highest BCUT2D eigenvalue weighted by atomic mass is 32.2. The smallest absolute Gasteiger partial charge is 0.338 e. The largest absolute Gasteiger partial charge is 0.451 e. The molecule has 1 aliphatic carbocycles.